The molecular formula is C9H20AsNO8. The van der Waals surface area contributed by atoms with Gasteiger partial charge in [0, 0.05) is 19.3 Å². The van der Waals surface area contributed by atoms with Crippen LogP contribution in [0.4, 0.5) is 0 Å². The van der Waals surface area contributed by atoms with Crippen LogP contribution in [0.5, 0.6) is 0 Å². The third kappa shape index (κ3) is 26.7. The van der Waals surface area contributed by atoms with E-state index in [4.69, 9.17) is 20.8 Å². The normalized spacial score (nSPS) is 13.0. The monoisotopic (exact) mass is 345 g/mol. The average Bonchev–Trinajstić information content (AvgIpc) is 1.91. The number of esters is 1. The summed E-state index contributed by atoms with van der Waals surface area (Å²) in [6, 6.07) is 0. The maximum absolute atomic E-state index is 10.7. The van der Waals surface area contributed by atoms with Gasteiger partial charge < -0.3 is 19.1 Å². The van der Waals surface area contributed by atoms with Crippen molar-refractivity contribution in [1.29, 1.82) is 0 Å². The van der Waals surface area contributed by atoms with Gasteiger partial charge in [-0.15, -0.1) is 0 Å². The van der Waals surface area contributed by atoms with E-state index in [1.165, 1.54) is 6.92 Å². The van der Waals surface area contributed by atoms with Crippen LogP contribution in [-0.2, 0) is 18.1 Å². The fourth-order valence-electron chi connectivity index (χ4n) is 1.17. The zero-order chi connectivity index (χ0) is 15.9. The van der Waals surface area contributed by atoms with Crippen molar-refractivity contribution >= 4 is 26.5 Å². The van der Waals surface area contributed by atoms with Gasteiger partial charge in [-0.25, -0.2) is 0 Å². The molecule has 0 aromatic heterocycles. The molecule has 0 rings (SSSR count). The first kappa shape index (κ1) is 20.5. The van der Waals surface area contributed by atoms with Crippen molar-refractivity contribution in [3.05, 3.63) is 0 Å². The Hall–Kier alpha value is -0.862. The predicted octanol–water partition coefficient (Wildman–Crippen LogP) is -3.41. The van der Waals surface area contributed by atoms with E-state index in [1.54, 1.807) is 0 Å². The van der Waals surface area contributed by atoms with Gasteiger partial charge in [0.05, 0.1) is 21.1 Å². The molecule has 0 aliphatic rings. The summed E-state index contributed by atoms with van der Waals surface area (Å²) in [7, 11) is 5.68. The quantitative estimate of drug-likeness (QED) is 0.266. The minimum absolute atomic E-state index is 0.255. The molecule has 114 valence electrons. The molecule has 9 nitrogen and oxygen atoms in total. The summed E-state index contributed by atoms with van der Waals surface area (Å²) in [5.74, 6) is -1.67. The zero-order valence-electron chi connectivity index (χ0n) is 11.3. The minimum atomic E-state index is -5.12. The zero-order valence-corrected chi connectivity index (χ0v) is 13.1. The van der Waals surface area contributed by atoms with Crippen molar-refractivity contribution in [1.82, 2.24) is 0 Å². The van der Waals surface area contributed by atoms with E-state index in [0.29, 0.717) is 11.0 Å². The van der Waals surface area contributed by atoms with E-state index in [9.17, 15) is 14.7 Å². The van der Waals surface area contributed by atoms with Crippen molar-refractivity contribution in [3.63, 3.8) is 0 Å². The molecule has 0 aliphatic heterocycles. The van der Waals surface area contributed by atoms with Crippen molar-refractivity contribution in [2.45, 2.75) is 19.4 Å². The third-order valence-corrected chi connectivity index (χ3v) is 1.48. The number of carboxylic acids is 1. The Morgan fingerprint density at radius 3 is 1.84 bits per heavy atom. The van der Waals surface area contributed by atoms with Gasteiger partial charge >= 0.3 is 36.5 Å². The molecule has 0 heterocycles. The number of rotatable bonds is 5. The Morgan fingerprint density at radius 1 is 1.26 bits per heavy atom. The first-order chi connectivity index (χ1) is 8.20. The topological polar surface area (TPSA) is 144 Å². The number of aliphatic carboxylic acids is 1. The molecule has 0 bridgehead atoms. The second-order valence-corrected chi connectivity index (χ2v) is 6.95. The molecule has 0 saturated carbocycles. The van der Waals surface area contributed by atoms with Crippen molar-refractivity contribution in [2.24, 2.45) is 0 Å². The average molecular weight is 345 g/mol. The van der Waals surface area contributed by atoms with Gasteiger partial charge in [-0.3, -0.25) is 4.79 Å². The molecule has 0 aromatic rings. The Balaban J connectivity index is 0. The third-order valence-electron chi connectivity index (χ3n) is 1.48. The number of nitrogens with zero attached hydrogens (tertiary/aromatic N) is 1. The van der Waals surface area contributed by atoms with Crippen LogP contribution in [0.2, 0.25) is 0 Å². The van der Waals surface area contributed by atoms with Crippen LogP contribution in [0.1, 0.15) is 13.3 Å². The molecule has 0 spiro atoms. The number of ether oxygens (including phenoxy) is 1. The molecule has 0 aliphatic carbocycles. The Bertz CT molecular complexity index is 320. The molecule has 0 amide bonds. The van der Waals surface area contributed by atoms with Crippen LogP contribution in [0, 0.1) is 0 Å². The predicted molar refractivity (Wildman–Crippen MR) is 61.2 cm³/mol. The summed E-state index contributed by atoms with van der Waals surface area (Å²) in [5.41, 5.74) is 0. The molecule has 1 unspecified atom stereocenters. The first-order valence-electron chi connectivity index (χ1n) is 5.16. The van der Waals surface area contributed by atoms with Crippen LogP contribution in [0.15, 0.2) is 0 Å². The number of carboxylic acid groups (broad SMARTS) is 1. The molecule has 19 heavy (non-hydrogen) atoms. The molecule has 0 aromatic carbocycles. The Kier molecular flexibility index (Phi) is 8.98. The number of carbonyl (C=O) groups excluding carboxylic acids is 2. The van der Waals surface area contributed by atoms with Gasteiger partial charge in [0.1, 0.15) is 6.54 Å². The van der Waals surface area contributed by atoms with Crippen molar-refractivity contribution in [2.75, 3.05) is 27.7 Å². The van der Waals surface area contributed by atoms with Crippen LogP contribution < -0.4 is 5.11 Å². The van der Waals surface area contributed by atoms with Gasteiger partial charge in [0.2, 0.25) is 0 Å². The van der Waals surface area contributed by atoms with Gasteiger partial charge in [0.25, 0.3) is 0 Å². The summed E-state index contributed by atoms with van der Waals surface area (Å²) in [6.07, 6.45) is -0.868. The van der Waals surface area contributed by atoms with E-state index in [-0.39, 0.29) is 6.42 Å². The summed E-state index contributed by atoms with van der Waals surface area (Å²) < 4.78 is 36.1. The molecule has 10 heteroatoms. The van der Waals surface area contributed by atoms with E-state index in [1.807, 2.05) is 21.1 Å². The standard InChI is InChI=1S/C9H17NO4.AsH3O4/c1-7(11)14-8(5-9(12)13)6-10(2,3)4;2-1(3,4)5/h8H,5-6H2,1-4H3;(H3,2,3,4,5). The second kappa shape index (κ2) is 8.34. The summed E-state index contributed by atoms with van der Waals surface area (Å²) in [5, 5.41) is 10.4. The fourth-order valence-corrected chi connectivity index (χ4v) is 1.17. The summed E-state index contributed by atoms with van der Waals surface area (Å²) in [4.78, 5) is 21.0. The SMILES string of the molecule is CC(=O)OC(CC(=O)[O-])C[N+](C)(C)C.O=[As](O)(O)O. The van der Waals surface area contributed by atoms with E-state index >= 15 is 0 Å². The number of quaternary nitrogens is 1. The number of carbonyl (C=O) groups is 2. The van der Waals surface area contributed by atoms with Crippen LogP contribution in [0.3, 0.4) is 0 Å². The molecule has 3 N–H and O–H groups in total. The molecule has 0 radical (unpaired) electrons. The van der Waals surface area contributed by atoms with Crippen molar-refractivity contribution in [3.8, 4) is 0 Å². The molecular weight excluding hydrogens is 325 g/mol. The first-order valence-corrected chi connectivity index (χ1v) is 8.45. The number of likely N-dealkylation sites (N-methyl/N-ethyl adjacent to an activating group) is 1. The fraction of sp³-hybridized carbons (Fsp3) is 0.778. The van der Waals surface area contributed by atoms with Gasteiger partial charge in [-0.1, -0.05) is 0 Å². The molecule has 0 saturated heterocycles. The van der Waals surface area contributed by atoms with Crippen LogP contribution >= 0.6 is 0 Å². The van der Waals surface area contributed by atoms with Gasteiger partial charge in [0.15, 0.2) is 6.10 Å². The van der Waals surface area contributed by atoms with E-state index < -0.39 is 32.6 Å². The van der Waals surface area contributed by atoms with E-state index in [0.717, 1.165) is 0 Å². The Labute approximate surface area is 114 Å². The summed E-state index contributed by atoms with van der Waals surface area (Å²) >= 11 is -5.12. The molecule has 0 fully saturated rings. The number of hydrogen-bond donors (Lipinski definition) is 3. The number of hydrogen-bond acceptors (Lipinski definition) is 5. The summed E-state index contributed by atoms with van der Waals surface area (Å²) in [6.45, 7) is 1.71. The van der Waals surface area contributed by atoms with E-state index in [2.05, 4.69) is 0 Å². The Morgan fingerprint density at radius 2 is 1.63 bits per heavy atom. The van der Waals surface area contributed by atoms with Gasteiger partial charge in [-0.05, 0) is 0 Å². The van der Waals surface area contributed by atoms with Gasteiger partial charge in [-0.2, -0.15) is 0 Å². The van der Waals surface area contributed by atoms with Crippen LogP contribution in [0.25, 0.3) is 0 Å². The maximum atomic E-state index is 10.7. The second-order valence-electron chi connectivity index (χ2n) is 4.79. The van der Waals surface area contributed by atoms with Crippen molar-refractivity contribution < 1.29 is 39.9 Å². The van der Waals surface area contributed by atoms with Crippen LogP contribution in [-0.4, -0.2) is 77.0 Å². The molecule has 1 atom stereocenters.